The van der Waals surface area contributed by atoms with E-state index in [-0.39, 0.29) is 11.7 Å². The predicted octanol–water partition coefficient (Wildman–Crippen LogP) is 1.03. The van der Waals surface area contributed by atoms with Gasteiger partial charge < -0.3 is 10.1 Å². The molecule has 0 unspecified atom stereocenters. The third kappa shape index (κ3) is 9.80. The van der Waals surface area contributed by atoms with Crippen molar-refractivity contribution in [3.8, 4) is 0 Å². The summed E-state index contributed by atoms with van der Waals surface area (Å²) in [6.07, 6.45) is 2.12. The average Bonchev–Trinajstić information content (AvgIpc) is 2.68. The maximum absolute atomic E-state index is 12.8. The van der Waals surface area contributed by atoms with Crippen LogP contribution >= 0.6 is 34.8 Å². The van der Waals surface area contributed by atoms with Crippen LogP contribution in [0.5, 0.6) is 0 Å². The molecule has 1 aliphatic heterocycles. The van der Waals surface area contributed by atoms with Gasteiger partial charge >= 0.3 is 5.97 Å². The number of amides is 2. The van der Waals surface area contributed by atoms with E-state index in [0.29, 0.717) is 19.4 Å². The molecule has 32 heavy (non-hydrogen) atoms. The van der Waals surface area contributed by atoms with Crippen molar-refractivity contribution in [2.24, 2.45) is 5.92 Å². The Kier molecular flexibility index (Phi) is 11.2. The van der Waals surface area contributed by atoms with Gasteiger partial charge in [0.25, 0.3) is 5.91 Å². The van der Waals surface area contributed by atoms with Crippen molar-refractivity contribution in [1.82, 2.24) is 20.5 Å². The number of alkyl halides is 3. The fraction of sp³-hybridized carbons (Fsp3) is 0.722. The quantitative estimate of drug-likeness (QED) is 0.216. The van der Waals surface area contributed by atoms with Crippen LogP contribution in [0.4, 0.5) is 0 Å². The molecule has 0 bridgehead atoms. The normalized spacial score (nSPS) is 19.2. The molecule has 0 saturated carbocycles. The van der Waals surface area contributed by atoms with E-state index in [2.05, 4.69) is 22.0 Å². The van der Waals surface area contributed by atoms with Crippen molar-refractivity contribution in [3.63, 3.8) is 0 Å². The first-order chi connectivity index (χ1) is 14.7. The van der Waals surface area contributed by atoms with Crippen LogP contribution in [-0.4, -0.2) is 72.0 Å². The maximum atomic E-state index is 12.8. The molecule has 3 atom stereocenters. The molecule has 0 aromatic carbocycles. The van der Waals surface area contributed by atoms with E-state index in [9.17, 15) is 22.8 Å². The van der Waals surface area contributed by atoms with Gasteiger partial charge in [0.1, 0.15) is 24.7 Å². The molecule has 10 nitrogen and oxygen atoms in total. The largest absolute Gasteiger partial charge is 0.460 e. The molecule has 184 valence electrons. The lowest BCUT2D eigenvalue weighted by molar-refractivity contribution is -0.152. The van der Waals surface area contributed by atoms with Gasteiger partial charge in [-0.15, -0.1) is 6.58 Å². The highest BCUT2D eigenvalue weighted by Gasteiger charge is 2.34. The minimum Gasteiger partial charge on any atom is -0.460 e. The number of nitrogens with one attached hydrogen (secondary N) is 3. The van der Waals surface area contributed by atoms with Crippen molar-refractivity contribution in [3.05, 3.63) is 12.7 Å². The summed E-state index contributed by atoms with van der Waals surface area (Å²) in [5, 5.41) is 3.73. The van der Waals surface area contributed by atoms with Gasteiger partial charge in [-0.1, -0.05) is 54.7 Å². The highest BCUT2D eigenvalue weighted by molar-refractivity contribution is 7.89. The first-order valence-corrected chi connectivity index (χ1v) is 12.7. The number of esters is 1. The van der Waals surface area contributed by atoms with E-state index < -0.39 is 56.3 Å². The lowest BCUT2D eigenvalue weighted by atomic mass is 10.0. The number of sulfonamides is 1. The molecule has 3 N–H and O–H groups in total. The number of halogens is 3. The van der Waals surface area contributed by atoms with Crippen molar-refractivity contribution >= 4 is 62.6 Å². The van der Waals surface area contributed by atoms with E-state index in [1.807, 2.05) is 0 Å². The Labute approximate surface area is 203 Å². The molecular weight excluding hydrogens is 507 g/mol. The molecule has 14 heteroatoms. The van der Waals surface area contributed by atoms with Gasteiger partial charge in [-0.3, -0.25) is 19.4 Å². The van der Waals surface area contributed by atoms with E-state index in [0.717, 1.165) is 0 Å². The van der Waals surface area contributed by atoms with Crippen LogP contribution < -0.4 is 15.5 Å². The summed E-state index contributed by atoms with van der Waals surface area (Å²) < 4.78 is 29.5. The number of hydrogen-bond donors (Lipinski definition) is 3. The average molecular weight is 536 g/mol. The van der Waals surface area contributed by atoms with Crippen LogP contribution in [0.3, 0.4) is 0 Å². The van der Waals surface area contributed by atoms with E-state index in [1.165, 1.54) is 18.0 Å². The molecule has 2 amide bonds. The second-order valence-corrected chi connectivity index (χ2v) is 12.0. The van der Waals surface area contributed by atoms with Crippen LogP contribution in [0.15, 0.2) is 12.7 Å². The van der Waals surface area contributed by atoms with Crippen molar-refractivity contribution in [1.29, 1.82) is 0 Å². The third-order valence-corrected chi connectivity index (χ3v) is 6.05. The van der Waals surface area contributed by atoms with Gasteiger partial charge in [0, 0.05) is 6.54 Å². The molecule has 0 aromatic heterocycles. The van der Waals surface area contributed by atoms with Crippen LogP contribution in [0, 0.1) is 5.92 Å². The summed E-state index contributed by atoms with van der Waals surface area (Å²) in [4.78, 5) is 37.6. The Balaban J connectivity index is 2.74. The molecule has 1 fully saturated rings. The first kappa shape index (κ1) is 28.9. The zero-order valence-corrected chi connectivity index (χ0v) is 21.2. The smallest absolute Gasteiger partial charge is 0.325 e. The van der Waals surface area contributed by atoms with Gasteiger partial charge in [-0.2, -0.15) is 0 Å². The topological polar surface area (TPSA) is 134 Å². The van der Waals surface area contributed by atoms with Crippen LogP contribution in [0.1, 0.15) is 33.6 Å². The fourth-order valence-electron chi connectivity index (χ4n) is 2.86. The second-order valence-electron chi connectivity index (χ2n) is 7.68. The molecule has 1 rings (SSSR count). The third-order valence-electron chi connectivity index (χ3n) is 4.44. The van der Waals surface area contributed by atoms with Gasteiger partial charge in [0.05, 0.1) is 5.75 Å². The van der Waals surface area contributed by atoms with Gasteiger partial charge in [0.2, 0.25) is 19.7 Å². The van der Waals surface area contributed by atoms with Crippen LogP contribution in [0.25, 0.3) is 0 Å². The number of hydrazine groups is 1. The fourth-order valence-corrected chi connectivity index (χ4v) is 4.19. The molecule has 0 radical (unpaired) electrons. The summed E-state index contributed by atoms with van der Waals surface area (Å²) in [5.41, 5.74) is 2.76. The first-order valence-electron chi connectivity index (χ1n) is 9.89. The second kappa shape index (κ2) is 12.4. The predicted molar refractivity (Wildman–Crippen MR) is 122 cm³/mol. The summed E-state index contributed by atoms with van der Waals surface area (Å²) >= 11 is 16.7. The summed E-state index contributed by atoms with van der Waals surface area (Å²) in [7, 11) is -3.75. The summed E-state index contributed by atoms with van der Waals surface area (Å²) in [6.45, 7) is 8.05. The zero-order valence-electron chi connectivity index (χ0n) is 18.1. The van der Waals surface area contributed by atoms with Gasteiger partial charge in [0.15, 0.2) is 0 Å². The molecule has 0 aliphatic carbocycles. The number of nitrogens with zero attached hydrogens (tertiary/aromatic N) is 1. The molecular formula is C18H29Cl3N4O6S. The Bertz CT molecular complexity index is 803. The Hall–Kier alpha value is -1.11. The Morgan fingerprint density at radius 2 is 1.91 bits per heavy atom. The van der Waals surface area contributed by atoms with Crippen molar-refractivity contribution in [2.75, 3.05) is 18.9 Å². The summed E-state index contributed by atoms with van der Waals surface area (Å²) in [5.74, 6) is -2.55. The molecule has 1 saturated heterocycles. The van der Waals surface area contributed by atoms with Crippen molar-refractivity contribution in [2.45, 2.75) is 55.5 Å². The SMILES string of the molecule is C=CCS(=O)(=O)N[C@H](C(=O)N[C@@H](C)C(=O)N1CCC[C@@H](C(=O)OCC(Cl)(Cl)Cl)N1)C(C)C. The van der Waals surface area contributed by atoms with E-state index in [1.54, 1.807) is 13.8 Å². The number of ether oxygens (including phenoxy) is 1. The number of carbonyl (C=O) groups excluding carboxylic acids is 3. The number of rotatable bonds is 10. The Morgan fingerprint density at radius 1 is 1.28 bits per heavy atom. The number of carbonyl (C=O) groups is 3. The highest BCUT2D eigenvalue weighted by atomic mass is 35.6. The summed E-state index contributed by atoms with van der Waals surface area (Å²) in [6, 6.07) is -2.89. The van der Waals surface area contributed by atoms with Crippen LogP contribution in [-0.2, 0) is 29.1 Å². The lowest BCUT2D eigenvalue weighted by Crippen LogP contribution is -2.61. The van der Waals surface area contributed by atoms with E-state index in [4.69, 9.17) is 39.5 Å². The monoisotopic (exact) mass is 534 g/mol. The lowest BCUT2D eigenvalue weighted by Gasteiger charge is -2.34. The minimum absolute atomic E-state index is 0.298. The van der Waals surface area contributed by atoms with Crippen molar-refractivity contribution < 1.29 is 27.5 Å². The molecule has 1 heterocycles. The van der Waals surface area contributed by atoms with E-state index >= 15 is 0 Å². The highest BCUT2D eigenvalue weighted by Crippen LogP contribution is 2.26. The minimum atomic E-state index is -3.75. The zero-order chi connectivity index (χ0) is 24.7. The Morgan fingerprint density at radius 3 is 2.44 bits per heavy atom. The molecule has 0 spiro atoms. The van der Waals surface area contributed by atoms with Gasteiger partial charge in [-0.25, -0.2) is 18.6 Å². The molecule has 1 aliphatic rings. The standard InChI is InChI=1S/C18H29Cl3N4O6S/c1-5-9-32(29,30)24-14(11(2)3)15(26)22-12(4)16(27)25-8-6-7-13(23-25)17(28)31-10-18(19,20)21/h5,11-14,23-24H,1,6-10H2,2-4H3,(H,22,26)/t12-,13-,14-/m0/s1. The van der Waals surface area contributed by atoms with Crippen LogP contribution in [0.2, 0.25) is 0 Å². The maximum Gasteiger partial charge on any atom is 0.325 e. The van der Waals surface area contributed by atoms with Gasteiger partial charge in [-0.05, 0) is 25.7 Å². The number of hydrogen-bond acceptors (Lipinski definition) is 7. The molecule has 0 aromatic rings.